The third-order valence-corrected chi connectivity index (χ3v) is 2.05. The quantitative estimate of drug-likeness (QED) is 0.733. The second-order valence-electron chi connectivity index (χ2n) is 2.68. The molecule has 0 aliphatic rings. The van der Waals surface area contributed by atoms with Crippen molar-refractivity contribution in [2.75, 3.05) is 0 Å². The summed E-state index contributed by atoms with van der Waals surface area (Å²) < 4.78 is 12.7. The van der Waals surface area contributed by atoms with Crippen LogP contribution in [0.3, 0.4) is 0 Å². The first kappa shape index (κ1) is 10.9. The van der Waals surface area contributed by atoms with E-state index in [1.54, 1.807) is 0 Å². The Morgan fingerprint density at radius 2 is 2.07 bits per heavy atom. The van der Waals surface area contributed by atoms with Gasteiger partial charge in [-0.2, -0.15) is 5.26 Å². The van der Waals surface area contributed by atoms with Gasteiger partial charge in [-0.25, -0.2) is 4.39 Å². The standard InChI is InChI=1S/C9H7ClFNO2/c10-7-2-1-5(11)3-6(7)9(14)8(13)4-12/h1-3,8-9,13-14H. The molecule has 2 unspecified atom stereocenters. The minimum Gasteiger partial charge on any atom is -0.384 e. The lowest BCUT2D eigenvalue weighted by atomic mass is 10.1. The number of halogens is 2. The first-order chi connectivity index (χ1) is 6.56. The SMILES string of the molecule is N#CC(O)C(O)c1cc(F)ccc1Cl. The zero-order valence-corrected chi connectivity index (χ0v) is 7.74. The Labute approximate surface area is 85.0 Å². The summed E-state index contributed by atoms with van der Waals surface area (Å²) in [5.41, 5.74) is 0.000664. The maximum absolute atomic E-state index is 12.7. The molecule has 0 aromatic heterocycles. The highest BCUT2D eigenvalue weighted by Crippen LogP contribution is 2.25. The van der Waals surface area contributed by atoms with Crippen molar-refractivity contribution in [2.45, 2.75) is 12.2 Å². The van der Waals surface area contributed by atoms with Gasteiger partial charge < -0.3 is 10.2 Å². The van der Waals surface area contributed by atoms with Gasteiger partial charge >= 0.3 is 0 Å². The maximum Gasteiger partial charge on any atom is 0.170 e. The lowest BCUT2D eigenvalue weighted by Crippen LogP contribution is -2.16. The molecule has 0 saturated heterocycles. The molecule has 0 saturated carbocycles. The molecule has 0 bridgehead atoms. The van der Waals surface area contributed by atoms with Crippen molar-refractivity contribution >= 4 is 11.6 Å². The normalized spacial score (nSPS) is 14.5. The molecule has 0 heterocycles. The molecule has 0 aliphatic carbocycles. The first-order valence-corrected chi connectivity index (χ1v) is 4.14. The van der Waals surface area contributed by atoms with Crippen LogP contribution in [0.1, 0.15) is 11.7 Å². The molecular formula is C9H7ClFNO2. The second kappa shape index (κ2) is 4.38. The molecule has 1 aromatic carbocycles. The molecule has 0 spiro atoms. The van der Waals surface area contributed by atoms with Crippen molar-refractivity contribution < 1.29 is 14.6 Å². The second-order valence-corrected chi connectivity index (χ2v) is 3.09. The van der Waals surface area contributed by atoms with Crippen LogP contribution >= 0.6 is 11.6 Å². The smallest absolute Gasteiger partial charge is 0.170 e. The van der Waals surface area contributed by atoms with Crippen molar-refractivity contribution in [3.8, 4) is 6.07 Å². The highest BCUT2D eigenvalue weighted by atomic mass is 35.5. The summed E-state index contributed by atoms with van der Waals surface area (Å²) in [7, 11) is 0. The molecule has 2 atom stereocenters. The predicted molar refractivity (Wildman–Crippen MR) is 48.0 cm³/mol. The van der Waals surface area contributed by atoms with E-state index < -0.39 is 18.0 Å². The number of aliphatic hydroxyl groups is 2. The fraction of sp³-hybridized carbons (Fsp3) is 0.222. The number of nitriles is 1. The molecule has 1 rings (SSSR count). The highest BCUT2D eigenvalue weighted by Gasteiger charge is 2.20. The number of benzene rings is 1. The minimum atomic E-state index is -1.62. The molecule has 74 valence electrons. The molecule has 0 aliphatic heterocycles. The van der Waals surface area contributed by atoms with Crippen LogP contribution in [-0.2, 0) is 0 Å². The van der Waals surface area contributed by atoms with Crippen LogP contribution in [0.15, 0.2) is 18.2 Å². The first-order valence-electron chi connectivity index (χ1n) is 3.77. The zero-order chi connectivity index (χ0) is 10.7. The maximum atomic E-state index is 12.7. The van der Waals surface area contributed by atoms with Crippen molar-refractivity contribution in [1.29, 1.82) is 5.26 Å². The van der Waals surface area contributed by atoms with Gasteiger partial charge in [0.25, 0.3) is 0 Å². The van der Waals surface area contributed by atoms with Gasteiger partial charge in [-0.05, 0) is 18.2 Å². The van der Waals surface area contributed by atoms with Gasteiger partial charge in [0.05, 0.1) is 6.07 Å². The number of hydrogen-bond acceptors (Lipinski definition) is 3. The van der Waals surface area contributed by atoms with E-state index in [1.807, 2.05) is 0 Å². The Balaban J connectivity index is 3.07. The van der Waals surface area contributed by atoms with Gasteiger partial charge in [0.2, 0.25) is 0 Å². The third-order valence-electron chi connectivity index (χ3n) is 1.71. The number of nitrogens with zero attached hydrogens (tertiary/aromatic N) is 1. The Morgan fingerprint density at radius 3 is 2.64 bits per heavy atom. The molecule has 2 N–H and O–H groups in total. The van der Waals surface area contributed by atoms with Crippen LogP contribution in [-0.4, -0.2) is 16.3 Å². The lowest BCUT2D eigenvalue weighted by Gasteiger charge is -2.13. The third kappa shape index (κ3) is 2.20. The molecule has 1 aromatic rings. The number of hydrogen-bond donors (Lipinski definition) is 2. The molecule has 0 fully saturated rings. The molecular weight excluding hydrogens is 209 g/mol. The van der Waals surface area contributed by atoms with Crippen LogP contribution < -0.4 is 0 Å². The summed E-state index contributed by atoms with van der Waals surface area (Å²) in [6.07, 6.45) is -3.11. The Kier molecular flexibility index (Phi) is 3.42. The predicted octanol–water partition coefficient (Wildman–Crippen LogP) is 1.40. The fourth-order valence-corrected chi connectivity index (χ4v) is 1.21. The van der Waals surface area contributed by atoms with E-state index >= 15 is 0 Å². The number of aliphatic hydroxyl groups excluding tert-OH is 2. The Hall–Kier alpha value is -1.15. The molecule has 3 nitrogen and oxygen atoms in total. The fourth-order valence-electron chi connectivity index (χ4n) is 0.982. The van der Waals surface area contributed by atoms with Gasteiger partial charge in [-0.3, -0.25) is 0 Å². The van der Waals surface area contributed by atoms with Crippen molar-refractivity contribution in [2.24, 2.45) is 0 Å². The van der Waals surface area contributed by atoms with Crippen LogP contribution in [0.2, 0.25) is 5.02 Å². The van der Waals surface area contributed by atoms with Gasteiger partial charge in [0, 0.05) is 10.6 Å². The largest absolute Gasteiger partial charge is 0.384 e. The van der Waals surface area contributed by atoms with Gasteiger partial charge in [0.15, 0.2) is 6.10 Å². The van der Waals surface area contributed by atoms with E-state index in [1.165, 1.54) is 12.1 Å². The zero-order valence-electron chi connectivity index (χ0n) is 6.98. The van der Waals surface area contributed by atoms with E-state index in [-0.39, 0.29) is 10.6 Å². The number of rotatable bonds is 2. The summed E-state index contributed by atoms with van der Waals surface area (Å²) in [5.74, 6) is -0.589. The van der Waals surface area contributed by atoms with E-state index in [0.717, 1.165) is 12.1 Å². The van der Waals surface area contributed by atoms with Crippen molar-refractivity contribution in [3.63, 3.8) is 0 Å². The van der Waals surface area contributed by atoms with Gasteiger partial charge in [0.1, 0.15) is 11.9 Å². The minimum absolute atomic E-state index is 0.000664. The summed E-state index contributed by atoms with van der Waals surface area (Å²) in [4.78, 5) is 0. The van der Waals surface area contributed by atoms with Crippen molar-refractivity contribution in [1.82, 2.24) is 0 Å². The van der Waals surface area contributed by atoms with Gasteiger partial charge in [-0.15, -0.1) is 0 Å². The van der Waals surface area contributed by atoms with Crippen LogP contribution in [0, 0.1) is 17.1 Å². The monoisotopic (exact) mass is 215 g/mol. The van der Waals surface area contributed by atoms with Crippen LogP contribution in [0.4, 0.5) is 4.39 Å². The highest BCUT2D eigenvalue weighted by molar-refractivity contribution is 6.31. The van der Waals surface area contributed by atoms with E-state index in [0.29, 0.717) is 0 Å². The Morgan fingerprint density at radius 1 is 1.43 bits per heavy atom. The van der Waals surface area contributed by atoms with E-state index in [4.69, 9.17) is 22.0 Å². The molecule has 5 heteroatoms. The average Bonchev–Trinajstić information content (AvgIpc) is 2.19. The average molecular weight is 216 g/mol. The topological polar surface area (TPSA) is 64.2 Å². The summed E-state index contributed by atoms with van der Waals surface area (Å²) in [6, 6.07) is 4.79. The van der Waals surface area contributed by atoms with E-state index in [9.17, 15) is 9.50 Å². The molecule has 14 heavy (non-hydrogen) atoms. The van der Waals surface area contributed by atoms with Gasteiger partial charge in [-0.1, -0.05) is 11.6 Å². The molecule has 0 amide bonds. The van der Waals surface area contributed by atoms with Crippen LogP contribution in [0.25, 0.3) is 0 Å². The molecule has 0 radical (unpaired) electrons. The summed E-state index contributed by atoms with van der Waals surface area (Å²) in [5, 5.41) is 26.8. The summed E-state index contributed by atoms with van der Waals surface area (Å²) in [6.45, 7) is 0. The van der Waals surface area contributed by atoms with E-state index in [2.05, 4.69) is 0 Å². The van der Waals surface area contributed by atoms with Crippen molar-refractivity contribution in [3.05, 3.63) is 34.6 Å². The Bertz CT molecular complexity index is 378. The van der Waals surface area contributed by atoms with Crippen LogP contribution in [0.5, 0.6) is 0 Å². The lowest BCUT2D eigenvalue weighted by molar-refractivity contribution is 0.0526. The summed E-state index contributed by atoms with van der Waals surface area (Å²) >= 11 is 5.64.